The van der Waals surface area contributed by atoms with E-state index in [1.54, 1.807) is 24.1 Å². The summed E-state index contributed by atoms with van der Waals surface area (Å²) in [4.78, 5) is 0. The topological polar surface area (TPSA) is 60.4 Å². The van der Waals surface area contributed by atoms with E-state index in [0.717, 1.165) is 0 Å². The number of aromatic nitrogens is 2. The first-order chi connectivity index (χ1) is 8.15. The predicted octanol–water partition coefficient (Wildman–Crippen LogP) is 2.15. The first kappa shape index (κ1) is 11.7. The third-order valence-corrected chi connectivity index (χ3v) is 2.63. The Kier molecular flexibility index (Phi) is 3.19. The highest BCUT2D eigenvalue weighted by molar-refractivity contribution is 5.33. The lowest BCUT2D eigenvalue weighted by Crippen LogP contribution is -2.12. The maximum atomic E-state index is 10.3. The van der Waals surface area contributed by atoms with E-state index in [0.29, 0.717) is 17.0 Å². The van der Waals surface area contributed by atoms with Crippen molar-refractivity contribution in [2.45, 2.75) is 26.0 Å². The summed E-state index contributed by atoms with van der Waals surface area (Å²) in [7, 11) is 1.56. The molecule has 17 heavy (non-hydrogen) atoms. The summed E-state index contributed by atoms with van der Waals surface area (Å²) in [6.07, 6.45) is 3.86. The number of aliphatic hydroxyl groups excluding tert-OH is 1. The number of furan rings is 1. The van der Waals surface area contributed by atoms with Crippen molar-refractivity contribution in [3.05, 3.63) is 36.0 Å². The molecule has 1 N–H and O–H groups in total. The third-order valence-electron chi connectivity index (χ3n) is 2.63. The van der Waals surface area contributed by atoms with Gasteiger partial charge >= 0.3 is 0 Å². The van der Waals surface area contributed by atoms with Gasteiger partial charge in [-0.15, -0.1) is 0 Å². The molecule has 0 aromatic carbocycles. The van der Waals surface area contributed by atoms with Crippen molar-refractivity contribution in [2.75, 3.05) is 7.11 Å². The lowest BCUT2D eigenvalue weighted by atomic mass is 10.1. The van der Waals surface area contributed by atoms with Gasteiger partial charge in [0.1, 0.15) is 11.8 Å². The Bertz CT molecular complexity index is 474. The van der Waals surface area contributed by atoms with Crippen molar-refractivity contribution in [3.8, 4) is 5.75 Å². The molecule has 92 valence electrons. The van der Waals surface area contributed by atoms with Gasteiger partial charge < -0.3 is 14.3 Å². The zero-order chi connectivity index (χ0) is 12.4. The molecule has 0 fully saturated rings. The molecule has 1 atom stereocenters. The number of methoxy groups -OCH3 is 1. The highest BCUT2D eigenvalue weighted by atomic mass is 16.5. The number of ether oxygens (including phenoxy) is 1. The molecule has 0 radical (unpaired) electrons. The highest BCUT2D eigenvalue weighted by Crippen LogP contribution is 2.31. The van der Waals surface area contributed by atoms with Gasteiger partial charge in [0.25, 0.3) is 0 Å². The minimum absolute atomic E-state index is 0.149. The standard InChI is InChI=1S/C12H16N2O3/c1-8(2)14-11(10(16-3)6-13-14)12(15)9-4-5-17-7-9/h4-8,12,15H,1-3H3. The Morgan fingerprint density at radius 3 is 2.76 bits per heavy atom. The third kappa shape index (κ3) is 2.06. The molecule has 0 saturated carbocycles. The SMILES string of the molecule is COc1cnn(C(C)C)c1C(O)c1ccoc1. The van der Waals surface area contributed by atoms with E-state index in [9.17, 15) is 5.11 Å². The van der Waals surface area contributed by atoms with Gasteiger partial charge in [-0.05, 0) is 19.9 Å². The molecule has 0 saturated heterocycles. The van der Waals surface area contributed by atoms with E-state index in [4.69, 9.17) is 9.15 Å². The minimum Gasteiger partial charge on any atom is -0.493 e. The first-order valence-electron chi connectivity index (χ1n) is 5.46. The van der Waals surface area contributed by atoms with Crippen molar-refractivity contribution in [1.29, 1.82) is 0 Å². The van der Waals surface area contributed by atoms with Gasteiger partial charge in [-0.3, -0.25) is 4.68 Å². The maximum Gasteiger partial charge on any atom is 0.163 e. The van der Waals surface area contributed by atoms with E-state index < -0.39 is 6.10 Å². The normalized spacial score (nSPS) is 13.0. The van der Waals surface area contributed by atoms with Gasteiger partial charge in [0.15, 0.2) is 5.75 Å². The van der Waals surface area contributed by atoms with E-state index in [1.807, 2.05) is 13.8 Å². The Morgan fingerprint density at radius 2 is 2.24 bits per heavy atom. The molecule has 2 heterocycles. The fourth-order valence-corrected chi connectivity index (χ4v) is 1.77. The van der Waals surface area contributed by atoms with Crippen LogP contribution in [-0.2, 0) is 0 Å². The summed E-state index contributed by atoms with van der Waals surface area (Å²) >= 11 is 0. The predicted molar refractivity (Wildman–Crippen MR) is 61.9 cm³/mol. The van der Waals surface area contributed by atoms with Gasteiger partial charge in [0, 0.05) is 11.6 Å². The molecule has 5 heteroatoms. The van der Waals surface area contributed by atoms with E-state index in [2.05, 4.69) is 5.10 Å². The van der Waals surface area contributed by atoms with Crippen LogP contribution in [0.4, 0.5) is 0 Å². The Labute approximate surface area is 99.6 Å². The van der Waals surface area contributed by atoms with E-state index in [-0.39, 0.29) is 6.04 Å². The lowest BCUT2D eigenvalue weighted by Gasteiger charge is -2.16. The Morgan fingerprint density at radius 1 is 1.47 bits per heavy atom. The molecule has 2 aromatic rings. The van der Waals surface area contributed by atoms with Crippen LogP contribution in [0.5, 0.6) is 5.75 Å². The number of hydrogen-bond acceptors (Lipinski definition) is 4. The summed E-state index contributed by atoms with van der Waals surface area (Å²) < 4.78 is 11.9. The lowest BCUT2D eigenvalue weighted by molar-refractivity contribution is 0.198. The molecular formula is C12H16N2O3. The first-order valence-corrected chi connectivity index (χ1v) is 5.46. The van der Waals surface area contributed by atoms with Crippen molar-refractivity contribution in [2.24, 2.45) is 0 Å². The number of hydrogen-bond donors (Lipinski definition) is 1. The summed E-state index contributed by atoms with van der Waals surface area (Å²) in [6.45, 7) is 4.00. The van der Waals surface area contributed by atoms with Crippen LogP contribution in [-0.4, -0.2) is 22.0 Å². The van der Waals surface area contributed by atoms with Crippen LogP contribution in [0, 0.1) is 0 Å². The van der Waals surface area contributed by atoms with Gasteiger partial charge in [-0.2, -0.15) is 5.10 Å². The van der Waals surface area contributed by atoms with Crippen molar-refractivity contribution in [1.82, 2.24) is 9.78 Å². The molecule has 2 rings (SSSR count). The number of aliphatic hydroxyl groups is 1. The summed E-state index contributed by atoms with van der Waals surface area (Å²) in [5, 5.41) is 14.5. The summed E-state index contributed by atoms with van der Waals surface area (Å²) in [6, 6.07) is 1.87. The molecule has 0 amide bonds. The molecule has 0 aliphatic rings. The molecule has 0 bridgehead atoms. The van der Waals surface area contributed by atoms with Crippen molar-refractivity contribution < 1.29 is 14.3 Å². The van der Waals surface area contributed by atoms with Crippen LogP contribution in [0.25, 0.3) is 0 Å². The molecule has 2 aromatic heterocycles. The molecular weight excluding hydrogens is 220 g/mol. The molecule has 0 aliphatic carbocycles. The molecule has 0 aliphatic heterocycles. The molecule has 1 unspecified atom stereocenters. The minimum atomic E-state index is -0.798. The summed E-state index contributed by atoms with van der Waals surface area (Å²) in [5.74, 6) is 0.576. The van der Waals surface area contributed by atoms with Crippen LogP contribution in [0.15, 0.2) is 29.2 Å². The number of rotatable bonds is 4. The van der Waals surface area contributed by atoms with Gasteiger partial charge in [-0.25, -0.2) is 0 Å². The van der Waals surface area contributed by atoms with Gasteiger partial charge in [0.05, 0.1) is 25.8 Å². The monoisotopic (exact) mass is 236 g/mol. The summed E-state index contributed by atoms with van der Waals surface area (Å²) in [5.41, 5.74) is 1.33. The van der Waals surface area contributed by atoms with E-state index >= 15 is 0 Å². The van der Waals surface area contributed by atoms with Crippen LogP contribution < -0.4 is 4.74 Å². The highest BCUT2D eigenvalue weighted by Gasteiger charge is 2.23. The quantitative estimate of drug-likeness (QED) is 0.883. The average Bonchev–Trinajstić information content (AvgIpc) is 2.96. The van der Waals surface area contributed by atoms with Crippen molar-refractivity contribution in [3.63, 3.8) is 0 Å². The Hall–Kier alpha value is -1.75. The zero-order valence-electron chi connectivity index (χ0n) is 10.1. The molecule has 5 nitrogen and oxygen atoms in total. The fourth-order valence-electron chi connectivity index (χ4n) is 1.77. The number of nitrogens with zero attached hydrogens (tertiary/aromatic N) is 2. The smallest absolute Gasteiger partial charge is 0.163 e. The largest absolute Gasteiger partial charge is 0.493 e. The second-order valence-corrected chi connectivity index (χ2v) is 4.10. The average molecular weight is 236 g/mol. The van der Waals surface area contributed by atoms with Gasteiger partial charge in [0.2, 0.25) is 0 Å². The van der Waals surface area contributed by atoms with Crippen molar-refractivity contribution >= 4 is 0 Å². The van der Waals surface area contributed by atoms with Crippen LogP contribution in [0.1, 0.15) is 37.3 Å². The second kappa shape index (κ2) is 4.63. The van der Waals surface area contributed by atoms with Crippen LogP contribution >= 0.6 is 0 Å². The second-order valence-electron chi connectivity index (χ2n) is 4.10. The fraction of sp³-hybridized carbons (Fsp3) is 0.417. The van der Waals surface area contributed by atoms with Crippen LogP contribution in [0.2, 0.25) is 0 Å². The molecule has 0 spiro atoms. The van der Waals surface area contributed by atoms with Crippen LogP contribution in [0.3, 0.4) is 0 Å². The maximum absolute atomic E-state index is 10.3. The zero-order valence-corrected chi connectivity index (χ0v) is 10.1. The van der Waals surface area contributed by atoms with E-state index in [1.165, 1.54) is 12.5 Å². The van der Waals surface area contributed by atoms with Gasteiger partial charge in [-0.1, -0.05) is 0 Å². The Balaban J connectivity index is 2.45.